The number of nitrogens with two attached hydrogens (primary N) is 1. The van der Waals surface area contributed by atoms with E-state index in [1.807, 2.05) is 0 Å². The molecule has 4 rings (SSSR count). The molecule has 0 aromatic heterocycles. The van der Waals surface area contributed by atoms with Crippen molar-refractivity contribution in [3.63, 3.8) is 0 Å². The van der Waals surface area contributed by atoms with E-state index in [1.54, 1.807) is 25.9 Å². The number of amides is 2. The number of benzene rings is 1. The van der Waals surface area contributed by atoms with Crippen LogP contribution in [0.3, 0.4) is 0 Å². The number of ketones is 2. The summed E-state index contributed by atoms with van der Waals surface area (Å²) in [6.45, 7) is 1.68. The minimum atomic E-state index is -2.73. The Labute approximate surface area is 224 Å². The molecule has 2 amide bonds. The lowest BCUT2D eigenvalue weighted by Crippen LogP contribution is -2.65. The van der Waals surface area contributed by atoms with Gasteiger partial charge in [0.15, 0.2) is 17.1 Å². The van der Waals surface area contributed by atoms with Gasteiger partial charge in [0.25, 0.3) is 5.91 Å². The number of hydrogen-bond acceptors (Lipinski definition) is 11. The van der Waals surface area contributed by atoms with E-state index in [-0.39, 0.29) is 36.3 Å². The summed E-state index contributed by atoms with van der Waals surface area (Å²) in [6.07, 6.45) is -0.753. The van der Waals surface area contributed by atoms with Gasteiger partial charge >= 0.3 is 6.09 Å². The lowest BCUT2D eigenvalue weighted by atomic mass is 9.57. The summed E-state index contributed by atoms with van der Waals surface area (Å²) in [6, 6.07) is 0.338. The van der Waals surface area contributed by atoms with Crippen molar-refractivity contribution in [2.45, 2.75) is 31.4 Å². The molecule has 0 radical (unpaired) electrons. The molecule has 7 N–H and O–H groups in total. The third-order valence-corrected chi connectivity index (χ3v) is 7.69. The Morgan fingerprint density at radius 1 is 1.18 bits per heavy atom. The average molecular weight is 545 g/mol. The van der Waals surface area contributed by atoms with Crippen molar-refractivity contribution in [2.24, 2.45) is 17.6 Å². The predicted molar refractivity (Wildman–Crippen MR) is 139 cm³/mol. The molecule has 0 saturated heterocycles. The summed E-state index contributed by atoms with van der Waals surface area (Å²) in [5.74, 6) is -7.46. The molecular weight excluding hydrogens is 512 g/mol. The van der Waals surface area contributed by atoms with Crippen LogP contribution in [0.4, 0.5) is 16.2 Å². The SMILES string of the molecule is CCOC(=O)Nc1cc(N(C)C)c2c(c1O)C(O)=C1C(=O)[C@@]3(O)C(O)=C(C(N)=O)C(=O)[C@H](N(C)C)[C@H]3C[C@H]1C2. The number of Topliss-reactive ketones (excluding diaryl/α,β-unsaturated/α-hetero) is 2. The fourth-order valence-corrected chi connectivity index (χ4v) is 6.06. The number of primary amides is 1. The minimum Gasteiger partial charge on any atom is -0.508 e. The number of likely N-dealkylation sites (N-methyl/N-ethyl adjacent to an activating group) is 1. The van der Waals surface area contributed by atoms with Crippen LogP contribution in [0.15, 0.2) is 23.0 Å². The Morgan fingerprint density at radius 3 is 2.36 bits per heavy atom. The average Bonchev–Trinajstić information content (AvgIpc) is 2.82. The number of hydrogen-bond donors (Lipinski definition) is 6. The van der Waals surface area contributed by atoms with Gasteiger partial charge < -0.3 is 35.8 Å². The first-order valence-corrected chi connectivity index (χ1v) is 12.3. The fourth-order valence-electron chi connectivity index (χ4n) is 6.06. The standard InChI is InChI=1S/C26H32N4O9/c1-6-39-25(37)28-13-9-14(29(2)3)11-7-10-8-12-18(30(4)5)21(33)17(24(27)36)23(35)26(12,38)22(34)15(10)20(32)16(11)19(13)31/h9-10,12,18,31-32,35,38H,6-8H2,1-5H3,(H2,27,36)(H,28,37)/t10-,12-,18-,26-/m1/s1. The number of aliphatic hydroxyl groups is 3. The van der Waals surface area contributed by atoms with Crippen LogP contribution in [0, 0.1) is 11.8 Å². The molecule has 4 atom stereocenters. The third-order valence-electron chi connectivity index (χ3n) is 7.69. The molecule has 1 aromatic carbocycles. The first-order chi connectivity index (χ1) is 18.2. The van der Waals surface area contributed by atoms with Crippen LogP contribution in [-0.2, 0) is 25.5 Å². The summed E-state index contributed by atoms with van der Waals surface area (Å²) in [4.78, 5) is 54.4. The van der Waals surface area contributed by atoms with Gasteiger partial charge in [-0.1, -0.05) is 0 Å². The lowest BCUT2D eigenvalue weighted by Gasteiger charge is -2.50. The Kier molecular flexibility index (Phi) is 6.86. The summed E-state index contributed by atoms with van der Waals surface area (Å²) in [5, 5.41) is 47.5. The first-order valence-electron chi connectivity index (χ1n) is 12.3. The number of carbonyl (C=O) groups excluding carboxylic acids is 4. The van der Waals surface area contributed by atoms with Crippen LogP contribution in [0.25, 0.3) is 5.76 Å². The number of phenolic OH excluding ortho intramolecular Hbond substituents is 1. The zero-order chi connectivity index (χ0) is 29.1. The molecule has 210 valence electrons. The number of anilines is 2. The highest BCUT2D eigenvalue weighted by atomic mass is 16.5. The highest BCUT2D eigenvalue weighted by Gasteiger charge is 2.64. The molecule has 1 saturated carbocycles. The third kappa shape index (κ3) is 4.00. The van der Waals surface area contributed by atoms with E-state index in [9.17, 15) is 39.6 Å². The van der Waals surface area contributed by atoms with E-state index < -0.39 is 69.9 Å². The molecule has 1 fully saturated rings. The normalized spacial score (nSPS) is 26.2. The number of phenols is 1. The molecule has 13 heteroatoms. The molecule has 39 heavy (non-hydrogen) atoms. The Bertz CT molecular complexity index is 1360. The van der Waals surface area contributed by atoms with Crippen LogP contribution >= 0.6 is 0 Å². The van der Waals surface area contributed by atoms with E-state index in [4.69, 9.17) is 10.5 Å². The first kappa shape index (κ1) is 27.9. The number of carbonyl (C=O) groups is 4. The number of nitrogens with one attached hydrogen (secondary N) is 1. The summed E-state index contributed by atoms with van der Waals surface area (Å²) < 4.78 is 4.89. The van der Waals surface area contributed by atoms with Crippen molar-refractivity contribution in [2.75, 3.05) is 45.0 Å². The van der Waals surface area contributed by atoms with Gasteiger partial charge in [-0.25, -0.2) is 4.79 Å². The Balaban J connectivity index is 1.97. The van der Waals surface area contributed by atoms with E-state index >= 15 is 0 Å². The van der Waals surface area contributed by atoms with Crippen LogP contribution in [-0.4, -0.2) is 95.3 Å². The second-order valence-electron chi connectivity index (χ2n) is 10.3. The predicted octanol–water partition coefficient (Wildman–Crippen LogP) is 0.598. The highest BCUT2D eigenvalue weighted by molar-refractivity contribution is 6.24. The van der Waals surface area contributed by atoms with Gasteiger partial charge in [0, 0.05) is 31.3 Å². The van der Waals surface area contributed by atoms with E-state index in [0.29, 0.717) is 11.3 Å². The van der Waals surface area contributed by atoms with Gasteiger partial charge in [-0.15, -0.1) is 0 Å². The van der Waals surface area contributed by atoms with Gasteiger partial charge in [0.05, 0.1) is 23.9 Å². The molecule has 13 nitrogen and oxygen atoms in total. The maximum Gasteiger partial charge on any atom is 0.411 e. The molecule has 3 aliphatic carbocycles. The van der Waals surface area contributed by atoms with Gasteiger partial charge in [-0.3, -0.25) is 24.6 Å². The smallest absolute Gasteiger partial charge is 0.411 e. The topological polar surface area (TPSA) is 203 Å². The molecule has 3 aliphatic rings. The van der Waals surface area contributed by atoms with E-state index in [0.717, 1.165) is 0 Å². The van der Waals surface area contributed by atoms with Crippen molar-refractivity contribution >= 4 is 40.7 Å². The highest BCUT2D eigenvalue weighted by Crippen LogP contribution is 2.54. The lowest BCUT2D eigenvalue weighted by molar-refractivity contribution is -0.153. The zero-order valence-corrected chi connectivity index (χ0v) is 22.2. The van der Waals surface area contributed by atoms with Crippen LogP contribution < -0.4 is 16.0 Å². The van der Waals surface area contributed by atoms with Crippen LogP contribution in [0.2, 0.25) is 0 Å². The van der Waals surface area contributed by atoms with Gasteiger partial charge in [-0.05, 0) is 51.4 Å². The maximum atomic E-state index is 13.9. The van der Waals surface area contributed by atoms with Crippen molar-refractivity contribution in [3.05, 3.63) is 34.1 Å². The van der Waals surface area contributed by atoms with Crippen LogP contribution in [0.1, 0.15) is 24.5 Å². The zero-order valence-electron chi connectivity index (χ0n) is 22.2. The Morgan fingerprint density at radius 2 is 1.82 bits per heavy atom. The molecule has 0 bridgehead atoms. The summed E-state index contributed by atoms with van der Waals surface area (Å²) in [5.41, 5.74) is 2.22. The van der Waals surface area contributed by atoms with Crippen molar-refractivity contribution in [1.82, 2.24) is 4.90 Å². The van der Waals surface area contributed by atoms with Gasteiger partial charge in [0.1, 0.15) is 17.1 Å². The second-order valence-corrected chi connectivity index (χ2v) is 10.3. The Hall–Kier alpha value is -4.10. The maximum absolute atomic E-state index is 13.9. The number of ether oxygens (including phenoxy) is 1. The fraction of sp³-hybridized carbons (Fsp3) is 0.462. The quantitative estimate of drug-likeness (QED) is 0.224. The van der Waals surface area contributed by atoms with E-state index in [1.165, 1.54) is 25.1 Å². The number of nitrogens with zero attached hydrogens (tertiary/aromatic N) is 2. The number of fused-ring (bicyclic) bond motifs is 3. The number of aromatic hydroxyl groups is 1. The second kappa shape index (κ2) is 9.58. The van der Waals surface area contributed by atoms with Gasteiger partial charge in [0.2, 0.25) is 5.78 Å². The molecule has 0 heterocycles. The molecular formula is C26H32N4O9. The molecule has 0 unspecified atom stereocenters. The number of rotatable bonds is 5. The molecule has 0 aliphatic heterocycles. The van der Waals surface area contributed by atoms with E-state index in [2.05, 4.69) is 5.32 Å². The monoisotopic (exact) mass is 544 g/mol. The van der Waals surface area contributed by atoms with Crippen molar-refractivity contribution < 1.29 is 44.3 Å². The summed E-state index contributed by atoms with van der Waals surface area (Å²) >= 11 is 0. The summed E-state index contributed by atoms with van der Waals surface area (Å²) in [7, 11) is 6.51. The number of aliphatic hydroxyl groups excluding tert-OH is 2. The minimum absolute atomic E-state index is 0.0256. The van der Waals surface area contributed by atoms with Crippen LogP contribution in [0.5, 0.6) is 5.75 Å². The van der Waals surface area contributed by atoms with Crippen molar-refractivity contribution in [3.8, 4) is 5.75 Å². The van der Waals surface area contributed by atoms with Crippen molar-refractivity contribution in [1.29, 1.82) is 0 Å². The molecule has 0 spiro atoms. The largest absolute Gasteiger partial charge is 0.508 e. The van der Waals surface area contributed by atoms with Gasteiger partial charge in [-0.2, -0.15) is 0 Å². The molecule has 1 aromatic rings.